The van der Waals surface area contributed by atoms with E-state index in [0.29, 0.717) is 36.1 Å². The van der Waals surface area contributed by atoms with Gasteiger partial charge < -0.3 is 10.6 Å². The van der Waals surface area contributed by atoms with E-state index in [1.165, 1.54) is 0 Å². The van der Waals surface area contributed by atoms with E-state index >= 15 is 0 Å². The van der Waals surface area contributed by atoms with Gasteiger partial charge in [-0.25, -0.2) is 17.6 Å². The van der Waals surface area contributed by atoms with Crippen molar-refractivity contribution in [2.45, 2.75) is 18.8 Å². The number of nitrogens with two attached hydrogens (primary N) is 1. The first kappa shape index (κ1) is 18.1. The molecule has 0 aliphatic carbocycles. The molecule has 2 N–H and O–H groups in total. The molecule has 0 bridgehead atoms. The van der Waals surface area contributed by atoms with E-state index in [1.54, 1.807) is 18.2 Å². The summed E-state index contributed by atoms with van der Waals surface area (Å²) < 4.78 is 56.2. The minimum atomic E-state index is -3.37. The first-order chi connectivity index (χ1) is 12.3. The highest BCUT2D eigenvalue weighted by Gasteiger charge is 2.44. The van der Waals surface area contributed by atoms with Crippen LogP contribution in [-0.4, -0.2) is 13.1 Å². The predicted octanol–water partition coefficient (Wildman–Crippen LogP) is 4.43. The maximum atomic E-state index is 14.7. The molecule has 0 amide bonds. The highest BCUT2D eigenvalue weighted by molar-refractivity contribution is 5.69. The van der Waals surface area contributed by atoms with Crippen LogP contribution in [0.25, 0.3) is 0 Å². The molecule has 1 saturated heterocycles. The van der Waals surface area contributed by atoms with Gasteiger partial charge in [-0.3, -0.25) is 0 Å². The van der Waals surface area contributed by atoms with Crippen LogP contribution in [0.4, 0.5) is 28.9 Å². The molecule has 0 radical (unpaired) electrons. The largest absolute Gasteiger partial charge is 0.397 e. The number of anilines is 2. The molecule has 0 saturated carbocycles. The second-order valence-electron chi connectivity index (χ2n) is 6.39. The van der Waals surface area contributed by atoms with Gasteiger partial charge in [-0.1, -0.05) is 0 Å². The van der Waals surface area contributed by atoms with Crippen LogP contribution in [0.1, 0.15) is 24.0 Å². The lowest BCUT2D eigenvalue weighted by Crippen LogP contribution is -2.40. The summed E-state index contributed by atoms with van der Waals surface area (Å²) in [5.74, 6) is -6.53. The fraction of sp³-hybridized carbons (Fsp3) is 0.316. The maximum Gasteiger partial charge on any atom is 0.278 e. The average molecular weight is 363 g/mol. The third kappa shape index (κ3) is 3.32. The molecule has 2 aromatic carbocycles. The van der Waals surface area contributed by atoms with Crippen LogP contribution in [0.2, 0.25) is 0 Å². The molecule has 1 aliphatic heterocycles. The first-order valence-corrected chi connectivity index (χ1v) is 8.21. The van der Waals surface area contributed by atoms with Gasteiger partial charge in [-0.05, 0) is 43.2 Å². The topological polar surface area (TPSA) is 53.0 Å². The van der Waals surface area contributed by atoms with E-state index in [2.05, 4.69) is 0 Å². The Balaban J connectivity index is 1.74. The zero-order chi connectivity index (χ0) is 18.9. The van der Waals surface area contributed by atoms with Gasteiger partial charge in [0.2, 0.25) is 0 Å². The van der Waals surface area contributed by atoms with Crippen molar-refractivity contribution in [1.29, 1.82) is 5.26 Å². The molecule has 1 aliphatic rings. The van der Waals surface area contributed by atoms with Crippen LogP contribution in [0, 0.1) is 28.9 Å². The van der Waals surface area contributed by atoms with Crippen molar-refractivity contribution in [3.05, 3.63) is 59.2 Å². The minimum absolute atomic E-state index is 0.142. The molecule has 0 unspecified atom stereocenters. The summed E-state index contributed by atoms with van der Waals surface area (Å²) >= 11 is 0. The van der Waals surface area contributed by atoms with Crippen molar-refractivity contribution in [2.75, 3.05) is 23.7 Å². The second kappa shape index (κ2) is 6.87. The highest BCUT2D eigenvalue weighted by atomic mass is 19.3. The number of halogens is 4. The summed E-state index contributed by atoms with van der Waals surface area (Å²) in [4.78, 5) is 1.88. The number of hydrogen-bond acceptors (Lipinski definition) is 3. The first-order valence-electron chi connectivity index (χ1n) is 8.21. The van der Waals surface area contributed by atoms with Crippen LogP contribution in [0.15, 0.2) is 36.4 Å². The number of nitrogen functional groups attached to an aromatic ring is 1. The van der Waals surface area contributed by atoms with E-state index in [9.17, 15) is 17.6 Å². The predicted molar refractivity (Wildman–Crippen MR) is 90.8 cm³/mol. The van der Waals surface area contributed by atoms with Crippen LogP contribution >= 0.6 is 0 Å². The summed E-state index contributed by atoms with van der Waals surface area (Å²) in [6.07, 6.45) is 0.284. The molecule has 136 valence electrons. The average Bonchev–Trinajstić information content (AvgIpc) is 2.61. The van der Waals surface area contributed by atoms with Crippen molar-refractivity contribution in [3.8, 4) is 6.07 Å². The van der Waals surface area contributed by atoms with Crippen molar-refractivity contribution in [3.63, 3.8) is 0 Å². The van der Waals surface area contributed by atoms with Crippen molar-refractivity contribution in [2.24, 2.45) is 5.92 Å². The zero-order valence-electron chi connectivity index (χ0n) is 13.9. The van der Waals surface area contributed by atoms with Crippen molar-refractivity contribution >= 4 is 11.4 Å². The van der Waals surface area contributed by atoms with Gasteiger partial charge in [0.25, 0.3) is 5.92 Å². The standard InChI is InChI=1S/C19H17F4N3/c20-14-2-3-15(16(21)10-14)19(22,23)13-5-7-26(8-6-13)18-4-1-12(11-24)9-17(18)25/h1-4,9-10,13H,5-8,25H2. The van der Waals surface area contributed by atoms with Crippen molar-refractivity contribution < 1.29 is 17.6 Å². The molecule has 2 aromatic rings. The van der Waals surface area contributed by atoms with Crippen LogP contribution in [-0.2, 0) is 5.92 Å². The lowest BCUT2D eigenvalue weighted by molar-refractivity contribution is -0.0761. The maximum absolute atomic E-state index is 14.7. The lowest BCUT2D eigenvalue weighted by atomic mass is 9.86. The van der Waals surface area contributed by atoms with Crippen LogP contribution in [0.5, 0.6) is 0 Å². The molecular formula is C19H17F4N3. The van der Waals surface area contributed by atoms with E-state index in [-0.39, 0.29) is 12.8 Å². The summed E-state index contributed by atoms with van der Waals surface area (Å²) in [6.45, 7) is 0.665. The van der Waals surface area contributed by atoms with E-state index in [1.807, 2.05) is 11.0 Å². The van der Waals surface area contributed by atoms with E-state index in [0.717, 1.165) is 12.1 Å². The van der Waals surface area contributed by atoms with Gasteiger partial charge in [-0.15, -0.1) is 0 Å². The monoisotopic (exact) mass is 363 g/mol. The third-order valence-electron chi connectivity index (χ3n) is 4.80. The third-order valence-corrected chi connectivity index (χ3v) is 4.80. The van der Waals surface area contributed by atoms with Gasteiger partial charge in [0, 0.05) is 25.1 Å². The number of piperidine rings is 1. The zero-order valence-corrected chi connectivity index (χ0v) is 13.9. The van der Waals surface area contributed by atoms with Gasteiger partial charge in [0.05, 0.1) is 28.6 Å². The van der Waals surface area contributed by atoms with Gasteiger partial charge in [0.1, 0.15) is 11.6 Å². The molecule has 26 heavy (non-hydrogen) atoms. The lowest BCUT2D eigenvalue weighted by Gasteiger charge is -2.37. The van der Waals surface area contributed by atoms with Crippen LogP contribution < -0.4 is 10.6 Å². The molecular weight excluding hydrogens is 346 g/mol. The second-order valence-corrected chi connectivity index (χ2v) is 6.39. The molecule has 3 rings (SSSR count). The van der Waals surface area contributed by atoms with Gasteiger partial charge >= 0.3 is 0 Å². The summed E-state index contributed by atoms with van der Waals surface area (Å²) in [7, 11) is 0. The Bertz CT molecular complexity index is 852. The minimum Gasteiger partial charge on any atom is -0.397 e. The fourth-order valence-corrected chi connectivity index (χ4v) is 3.37. The molecule has 3 nitrogen and oxygen atoms in total. The summed E-state index contributed by atoms with van der Waals surface area (Å²) in [5.41, 5.74) is 6.72. The fourth-order valence-electron chi connectivity index (χ4n) is 3.37. The molecule has 0 aromatic heterocycles. The molecule has 7 heteroatoms. The van der Waals surface area contributed by atoms with Gasteiger partial charge in [0.15, 0.2) is 0 Å². The Morgan fingerprint density at radius 1 is 1.08 bits per heavy atom. The highest BCUT2D eigenvalue weighted by Crippen LogP contribution is 2.43. The number of rotatable bonds is 3. The molecule has 0 spiro atoms. The Morgan fingerprint density at radius 3 is 2.35 bits per heavy atom. The number of nitriles is 1. The Hall–Kier alpha value is -2.75. The quantitative estimate of drug-likeness (QED) is 0.648. The number of nitrogens with zero attached hydrogens (tertiary/aromatic N) is 2. The summed E-state index contributed by atoms with van der Waals surface area (Å²) in [5, 5.41) is 8.88. The Kier molecular flexibility index (Phi) is 4.77. The van der Waals surface area contributed by atoms with Crippen LogP contribution in [0.3, 0.4) is 0 Å². The number of alkyl halides is 2. The number of benzene rings is 2. The summed E-state index contributed by atoms with van der Waals surface area (Å²) in [6, 6.07) is 9.01. The normalized spacial score (nSPS) is 15.7. The van der Waals surface area contributed by atoms with Crippen molar-refractivity contribution in [1.82, 2.24) is 0 Å². The molecule has 1 fully saturated rings. The molecule has 1 heterocycles. The molecule has 0 atom stereocenters. The Morgan fingerprint density at radius 2 is 1.77 bits per heavy atom. The van der Waals surface area contributed by atoms with Gasteiger partial charge in [-0.2, -0.15) is 5.26 Å². The van der Waals surface area contributed by atoms with E-state index < -0.39 is 29.0 Å². The number of hydrogen-bond donors (Lipinski definition) is 1. The van der Waals surface area contributed by atoms with E-state index in [4.69, 9.17) is 11.0 Å². The smallest absolute Gasteiger partial charge is 0.278 e. The Labute approximate surface area is 148 Å². The SMILES string of the molecule is N#Cc1ccc(N2CCC(C(F)(F)c3ccc(F)cc3F)CC2)c(N)c1.